The van der Waals surface area contributed by atoms with Gasteiger partial charge in [0.15, 0.2) is 0 Å². The van der Waals surface area contributed by atoms with Gasteiger partial charge in [0.2, 0.25) is 17.7 Å². The van der Waals surface area contributed by atoms with E-state index >= 15 is 0 Å². The summed E-state index contributed by atoms with van der Waals surface area (Å²) < 4.78 is 5.76. The third-order valence-electron chi connectivity index (χ3n) is 5.08. The minimum absolute atomic E-state index is 0.124. The lowest BCUT2D eigenvalue weighted by Crippen LogP contribution is -2.54. The molecule has 0 radical (unpaired) electrons. The van der Waals surface area contributed by atoms with Crippen LogP contribution in [-0.4, -0.2) is 50.0 Å². The van der Waals surface area contributed by atoms with Gasteiger partial charge in [0.25, 0.3) is 0 Å². The van der Waals surface area contributed by atoms with Gasteiger partial charge in [0.1, 0.15) is 0 Å². The van der Waals surface area contributed by atoms with Crippen molar-refractivity contribution in [3.05, 3.63) is 65.8 Å². The number of nitrogens with zero attached hydrogens (tertiary/aromatic N) is 5. The summed E-state index contributed by atoms with van der Waals surface area (Å²) in [6.45, 7) is 6.54. The Balaban J connectivity index is 1.39. The highest BCUT2D eigenvalue weighted by molar-refractivity contribution is 5.82. The molecule has 4 rings (SSSR count). The number of carbonyl (C=O) groups excluding carboxylic acids is 1. The van der Waals surface area contributed by atoms with Gasteiger partial charge in [-0.15, -0.1) is 10.2 Å². The number of piperazine rings is 1. The van der Waals surface area contributed by atoms with Crippen molar-refractivity contribution in [1.29, 1.82) is 0 Å². The zero-order valence-electron chi connectivity index (χ0n) is 16.1. The van der Waals surface area contributed by atoms with E-state index in [1.54, 1.807) is 12.4 Å². The van der Waals surface area contributed by atoms with Gasteiger partial charge in [0, 0.05) is 32.0 Å². The third-order valence-corrected chi connectivity index (χ3v) is 5.08. The smallest absolute Gasteiger partial charge is 0.249 e. The van der Waals surface area contributed by atoms with Crippen molar-refractivity contribution in [3.8, 4) is 11.5 Å². The number of hydrogen-bond acceptors (Lipinski definition) is 6. The number of pyridine rings is 1. The van der Waals surface area contributed by atoms with E-state index in [1.807, 2.05) is 24.0 Å². The first-order valence-corrected chi connectivity index (χ1v) is 9.41. The molecule has 1 atom stereocenters. The van der Waals surface area contributed by atoms with Gasteiger partial charge in [-0.05, 0) is 31.5 Å². The van der Waals surface area contributed by atoms with Crippen molar-refractivity contribution >= 4 is 5.91 Å². The molecule has 1 fully saturated rings. The Hall–Kier alpha value is -3.06. The predicted molar refractivity (Wildman–Crippen MR) is 104 cm³/mol. The lowest BCUT2D eigenvalue weighted by molar-refractivity contribution is -0.142. The average molecular weight is 377 g/mol. The monoisotopic (exact) mass is 377 g/mol. The first kappa shape index (κ1) is 18.3. The second-order valence-corrected chi connectivity index (χ2v) is 7.13. The van der Waals surface area contributed by atoms with E-state index in [0.29, 0.717) is 31.4 Å². The van der Waals surface area contributed by atoms with Crippen molar-refractivity contribution in [2.75, 3.05) is 13.1 Å². The molecule has 7 heteroatoms. The maximum atomic E-state index is 12.8. The van der Waals surface area contributed by atoms with Gasteiger partial charge in [-0.25, -0.2) is 0 Å². The quantitative estimate of drug-likeness (QED) is 0.680. The number of hydrogen-bond donors (Lipinski definition) is 0. The van der Waals surface area contributed by atoms with Crippen molar-refractivity contribution < 1.29 is 9.21 Å². The van der Waals surface area contributed by atoms with Crippen LogP contribution in [0.2, 0.25) is 0 Å². The molecule has 1 amide bonds. The molecule has 0 spiro atoms. The highest BCUT2D eigenvalue weighted by Crippen LogP contribution is 2.20. The molecule has 3 heterocycles. The lowest BCUT2D eigenvalue weighted by atomic mass is 10.1. The molecule has 0 N–H and O–H groups in total. The van der Waals surface area contributed by atoms with E-state index in [0.717, 1.165) is 17.7 Å². The summed E-state index contributed by atoms with van der Waals surface area (Å²) >= 11 is 0. The molecule has 2 aromatic heterocycles. The Morgan fingerprint density at radius 2 is 1.93 bits per heavy atom. The second kappa shape index (κ2) is 7.90. The molecule has 28 heavy (non-hydrogen) atoms. The maximum absolute atomic E-state index is 12.8. The normalized spacial score (nSPS) is 17.9. The molecule has 1 aliphatic heterocycles. The second-order valence-electron chi connectivity index (χ2n) is 7.13. The Bertz CT molecular complexity index is 939. The number of rotatable bonds is 5. The van der Waals surface area contributed by atoms with Crippen LogP contribution in [-0.2, 0) is 17.9 Å². The summed E-state index contributed by atoms with van der Waals surface area (Å²) in [5.41, 5.74) is 3.16. The zero-order valence-corrected chi connectivity index (χ0v) is 16.1. The van der Waals surface area contributed by atoms with Crippen LogP contribution >= 0.6 is 0 Å². The van der Waals surface area contributed by atoms with Crippen LogP contribution in [0, 0.1) is 6.92 Å². The van der Waals surface area contributed by atoms with E-state index in [-0.39, 0.29) is 11.9 Å². The minimum atomic E-state index is -0.229. The number of benzene rings is 1. The topological polar surface area (TPSA) is 75.4 Å². The molecule has 7 nitrogen and oxygen atoms in total. The van der Waals surface area contributed by atoms with Crippen LogP contribution in [0.15, 0.2) is 53.2 Å². The lowest BCUT2D eigenvalue weighted by Gasteiger charge is -2.38. The maximum Gasteiger partial charge on any atom is 0.249 e. The van der Waals surface area contributed by atoms with Crippen molar-refractivity contribution in [3.63, 3.8) is 0 Å². The Labute approximate surface area is 164 Å². The van der Waals surface area contributed by atoms with Crippen LogP contribution < -0.4 is 0 Å². The van der Waals surface area contributed by atoms with Gasteiger partial charge in [-0.3, -0.25) is 14.7 Å². The molecular weight excluding hydrogens is 354 g/mol. The summed E-state index contributed by atoms with van der Waals surface area (Å²) in [6.07, 6.45) is 3.39. The molecule has 1 saturated heterocycles. The fourth-order valence-corrected chi connectivity index (χ4v) is 3.36. The summed E-state index contributed by atoms with van der Waals surface area (Å²) in [5.74, 6) is 1.07. The summed E-state index contributed by atoms with van der Waals surface area (Å²) in [6, 6.07) is 11.8. The highest BCUT2D eigenvalue weighted by atomic mass is 16.4. The van der Waals surface area contributed by atoms with Gasteiger partial charge in [0.05, 0.1) is 18.2 Å². The first-order valence-electron chi connectivity index (χ1n) is 9.41. The van der Waals surface area contributed by atoms with Gasteiger partial charge < -0.3 is 9.32 Å². The van der Waals surface area contributed by atoms with Crippen molar-refractivity contribution in [2.24, 2.45) is 0 Å². The fourth-order valence-electron chi connectivity index (χ4n) is 3.36. The summed E-state index contributed by atoms with van der Waals surface area (Å²) in [4.78, 5) is 20.9. The Morgan fingerprint density at radius 3 is 2.68 bits per heavy atom. The SMILES string of the molecule is Cc1ccc(CN2CCN(Cc3nnc(-c4cccnc4)o3)[C@@H](C)C2=O)cc1. The molecule has 1 aliphatic rings. The Kier molecular flexibility index (Phi) is 5.16. The summed E-state index contributed by atoms with van der Waals surface area (Å²) in [7, 11) is 0. The zero-order chi connectivity index (χ0) is 19.5. The predicted octanol–water partition coefficient (Wildman–Crippen LogP) is 2.67. The number of amides is 1. The number of aryl methyl sites for hydroxylation is 1. The van der Waals surface area contributed by atoms with E-state index in [1.165, 1.54) is 5.56 Å². The first-order chi connectivity index (χ1) is 13.6. The number of carbonyl (C=O) groups is 1. The highest BCUT2D eigenvalue weighted by Gasteiger charge is 2.32. The van der Waals surface area contributed by atoms with E-state index in [2.05, 4.69) is 51.3 Å². The van der Waals surface area contributed by atoms with E-state index in [4.69, 9.17) is 4.42 Å². The molecule has 0 bridgehead atoms. The fraction of sp³-hybridized carbons (Fsp3) is 0.333. The van der Waals surface area contributed by atoms with Crippen molar-refractivity contribution in [1.82, 2.24) is 25.0 Å². The molecule has 0 saturated carbocycles. The molecule has 3 aromatic rings. The van der Waals surface area contributed by atoms with Crippen LogP contribution in [0.1, 0.15) is 23.9 Å². The largest absolute Gasteiger partial charge is 0.419 e. The molecule has 144 valence electrons. The van der Waals surface area contributed by atoms with Crippen LogP contribution in [0.3, 0.4) is 0 Å². The Morgan fingerprint density at radius 1 is 1.11 bits per heavy atom. The van der Waals surface area contributed by atoms with Crippen LogP contribution in [0.4, 0.5) is 0 Å². The van der Waals surface area contributed by atoms with Gasteiger partial charge in [-0.1, -0.05) is 29.8 Å². The molecule has 0 aliphatic carbocycles. The van der Waals surface area contributed by atoms with Gasteiger partial charge in [-0.2, -0.15) is 0 Å². The standard InChI is InChI=1S/C21H23N5O2/c1-15-5-7-17(8-6-15)13-26-11-10-25(16(2)21(26)27)14-19-23-24-20(28-19)18-4-3-9-22-12-18/h3-9,12,16H,10-11,13-14H2,1-2H3/t16-/m0/s1. The molecule has 0 unspecified atom stereocenters. The summed E-state index contributed by atoms with van der Waals surface area (Å²) in [5, 5.41) is 8.23. The number of aromatic nitrogens is 3. The van der Waals surface area contributed by atoms with E-state index in [9.17, 15) is 4.79 Å². The van der Waals surface area contributed by atoms with Gasteiger partial charge >= 0.3 is 0 Å². The van der Waals surface area contributed by atoms with Crippen molar-refractivity contribution in [2.45, 2.75) is 33.0 Å². The van der Waals surface area contributed by atoms with Crippen LogP contribution in [0.25, 0.3) is 11.5 Å². The third kappa shape index (κ3) is 3.94. The molecular formula is C21H23N5O2. The minimum Gasteiger partial charge on any atom is -0.419 e. The van der Waals surface area contributed by atoms with Crippen LogP contribution in [0.5, 0.6) is 0 Å². The molecule has 1 aromatic carbocycles. The average Bonchev–Trinajstić information content (AvgIpc) is 3.19. The van der Waals surface area contributed by atoms with E-state index < -0.39 is 0 Å².